The van der Waals surface area contributed by atoms with Gasteiger partial charge in [-0.15, -0.1) is 11.3 Å². The third-order valence-corrected chi connectivity index (χ3v) is 7.54. The number of benzene rings is 1. The van der Waals surface area contributed by atoms with Crippen molar-refractivity contribution in [3.05, 3.63) is 52.9 Å². The summed E-state index contributed by atoms with van der Waals surface area (Å²) >= 11 is 1.21. The predicted octanol–water partition coefficient (Wildman–Crippen LogP) is 3.10. The lowest BCUT2D eigenvalue weighted by atomic mass is 10.1. The topological polar surface area (TPSA) is 63.2 Å². The second-order valence-electron chi connectivity index (χ2n) is 5.90. The van der Waals surface area contributed by atoms with Gasteiger partial charge in [0, 0.05) is 12.5 Å². The van der Waals surface area contributed by atoms with Crippen molar-refractivity contribution in [3.8, 4) is 0 Å². The average Bonchev–Trinajstić information content (AvgIpc) is 3.22. The van der Waals surface area contributed by atoms with E-state index in [0.29, 0.717) is 9.77 Å². The summed E-state index contributed by atoms with van der Waals surface area (Å²) in [5.74, 6) is 0.0293. The first-order chi connectivity index (χ1) is 11.0. The first kappa shape index (κ1) is 16.2. The van der Waals surface area contributed by atoms with E-state index in [1.54, 1.807) is 17.5 Å². The molecule has 6 heteroatoms. The van der Waals surface area contributed by atoms with E-state index in [1.165, 1.54) is 11.3 Å². The Morgan fingerprint density at radius 2 is 1.96 bits per heavy atom. The minimum absolute atomic E-state index is 0.0384. The molecule has 1 N–H and O–H groups in total. The van der Waals surface area contributed by atoms with Gasteiger partial charge in [-0.3, -0.25) is 4.79 Å². The fourth-order valence-electron chi connectivity index (χ4n) is 2.44. The maximum Gasteiger partial charge on any atom is 0.223 e. The van der Waals surface area contributed by atoms with Crippen LogP contribution in [0.15, 0.2) is 46.0 Å². The van der Waals surface area contributed by atoms with Crippen LogP contribution >= 0.6 is 11.3 Å². The molecule has 0 radical (unpaired) electrons. The van der Waals surface area contributed by atoms with Crippen molar-refractivity contribution in [2.45, 2.75) is 29.2 Å². The summed E-state index contributed by atoms with van der Waals surface area (Å²) in [4.78, 5) is 11.9. The Morgan fingerprint density at radius 1 is 1.26 bits per heavy atom. The van der Waals surface area contributed by atoms with E-state index < -0.39 is 15.1 Å². The summed E-state index contributed by atoms with van der Waals surface area (Å²) in [7, 11) is -3.52. The summed E-state index contributed by atoms with van der Waals surface area (Å²) < 4.78 is 26.2. The Morgan fingerprint density at radius 3 is 2.52 bits per heavy atom. The standard InChI is InChI=1S/C17H19NO3S2/c1-12-4-6-13(7-5-12)15(11-18-17(19)14-8-9-14)23(20,21)16-3-2-10-22-16/h2-7,10,14-15H,8-9,11H2,1H3,(H,18,19)/t15-/m1/s1. The van der Waals surface area contributed by atoms with E-state index in [4.69, 9.17) is 0 Å². The molecule has 122 valence electrons. The molecule has 1 aliphatic rings. The van der Waals surface area contributed by atoms with Crippen molar-refractivity contribution in [2.24, 2.45) is 5.92 Å². The van der Waals surface area contributed by atoms with Gasteiger partial charge in [0.05, 0.1) is 0 Å². The lowest BCUT2D eigenvalue weighted by Crippen LogP contribution is -2.32. The van der Waals surface area contributed by atoms with Crippen LogP contribution in [-0.2, 0) is 14.6 Å². The fourth-order valence-corrected chi connectivity index (χ4v) is 5.30. The van der Waals surface area contributed by atoms with Gasteiger partial charge in [-0.2, -0.15) is 0 Å². The van der Waals surface area contributed by atoms with Crippen LogP contribution < -0.4 is 5.32 Å². The highest BCUT2D eigenvalue weighted by molar-refractivity contribution is 7.93. The van der Waals surface area contributed by atoms with E-state index in [0.717, 1.165) is 18.4 Å². The number of hydrogen-bond donors (Lipinski definition) is 1. The third-order valence-electron chi connectivity index (χ3n) is 4.01. The van der Waals surface area contributed by atoms with Gasteiger partial charge in [0.15, 0.2) is 9.84 Å². The van der Waals surface area contributed by atoms with E-state index in [9.17, 15) is 13.2 Å². The van der Waals surface area contributed by atoms with Gasteiger partial charge in [-0.1, -0.05) is 35.9 Å². The number of nitrogens with one attached hydrogen (secondary N) is 1. The Bertz CT molecular complexity index is 776. The number of amides is 1. The Balaban J connectivity index is 1.89. The first-order valence-corrected chi connectivity index (χ1v) is 10.0. The molecule has 3 rings (SSSR count). The van der Waals surface area contributed by atoms with Crippen molar-refractivity contribution < 1.29 is 13.2 Å². The van der Waals surface area contributed by atoms with E-state index >= 15 is 0 Å². The number of carbonyl (C=O) groups is 1. The van der Waals surface area contributed by atoms with Gasteiger partial charge in [0.1, 0.15) is 9.46 Å². The van der Waals surface area contributed by atoms with Gasteiger partial charge < -0.3 is 5.32 Å². The minimum Gasteiger partial charge on any atom is -0.354 e. The van der Waals surface area contributed by atoms with Gasteiger partial charge in [0.2, 0.25) is 5.91 Å². The number of thiophene rings is 1. The van der Waals surface area contributed by atoms with E-state index in [1.807, 2.05) is 31.2 Å². The third kappa shape index (κ3) is 3.64. The highest BCUT2D eigenvalue weighted by atomic mass is 32.2. The molecule has 0 unspecified atom stereocenters. The Labute approximate surface area is 140 Å². The number of aryl methyl sites for hydroxylation is 1. The maximum absolute atomic E-state index is 12.9. The summed E-state index contributed by atoms with van der Waals surface area (Å²) in [6, 6.07) is 10.8. The molecule has 1 heterocycles. The molecule has 1 aromatic carbocycles. The number of sulfone groups is 1. The number of rotatable bonds is 6. The highest BCUT2D eigenvalue weighted by Crippen LogP contribution is 2.32. The smallest absolute Gasteiger partial charge is 0.223 e. The fraction of sp³-hybridized carbons (Fsp3) is 0.353. The number of carbonyl (C=O) groups excluding carboxylic acids is 1. The summed E-state index contributed by atoms with van der Waals surface area (Å²) in [5.41, 5.74) is 1.78. The van der Waals surface area contributed by atoms with Gasteiger partial charge in [-0.05, 0) is 36.8 Å². The molecule has 1 fully saturated rings. The second-order valence-corrected chi connectivity index (χ2v) is 9.20. The maximum atomic E-state index is 12.9. The predicted molar refractivity (Wildman–Crippen MR) is 91.2 cm³/mol. The van der Waals surface area contributed by atoms with E-state index in [2.05, 4.69) is 5.32 Å². The van der Waals surface area contributed by atoms with Crippen LogP contribution in [0, 0.1) is 12.8 Å². The van der Waals surface area contributed by atoms with Crippen molar-refractivity contribution in [3.63, 3.8) is 0 Å². The molecule has 1 atom stereocenters. The molecule has 1 saturated carbocycles. The van der Waals surface area contributed by atoms with Crippen LogP contribution in [0.25, 0.3) is 0 Å². The Hall–Kier alpha value is -1.66. The molecule has 2 aromatic rings. The molecule has 1 aliphatic carbocycles. The molecular weight excluding hydrogens is 330 g/mol. The average molecular weight is 349 g/mol. The van der Waals surface area contributed by atoms with Gasteiger partial charge in [0.25, 0.3) is 0 Å². The summed E-state index contributed by atoms with van der Waals surface area (Å²) in [6.07, 6.45) is 1.80. The van der Waals surface area contributed by atoms with Crippen LogP contribution in [0.2, 0.25) is 0 Å². The van der Waals surface area contributed by atoms with Crippen molar-refractivity contribution in [1.29, 1.82) is 0 Å². The highest BCUT2D eigenvalue weighted by Gasteiger charge is 2.33. The van der Waals surface area contributed by atoms with Gasteiger partial charge in [-0.25, -0.2) is 8.42 Å². The van der Waals surface area contributed by atoms with Crippen LogP contribution in [0.3, 0.4) is 0 Å². The SMILES string of the molecule is Cc1ccc([C@@H](CNC(=O)C2CC2)S(=O)(=O)c2cccs2)cc1. The molecule has 4 nitrogen and oxygen atoms in total. The second kappa shape index (κ2) is 6.45. The van der Waals surface area contributed by atoms with Crippen LogP contribution in [-0.4, -0.2) is 20.9 Å². The zero-order chi connectivity index (χ0) is 16.4. The molecule has 0 bridgehead atoms. The minimum atomic E-state index is -3.52. The Kier molecular flexibility index (Phi) is 4.55. The lowest BCUT2D eigenvalue weighted by Gasteiger charge is -2.18. The monoisotopic (exact) mass is 349 g/mol. The normalized spacial score (nSPS) is 16.0. The summed E-state index contributed by atoms with van der Waals surface area (Å²) in [5, 5.41) is 3.80. The lowest BCUT2D eigenvalue weighted by molar-refractivity contribution is -0.122. The molecule has 0 spiro atoms. The van der Waals surface area contributed by atoms with Gasteiger partial charge >= 0.3 is 0 Å². The molecule has 1 amide bonds. The van der Waals surface area contributed by atoms with Crippen molar-refractivity contribution in [2.75, 3.05) is 6.54 Å². The zero-order valence-electron chi connectivity index (χ0n) is 12.9. The van der Waals surface area contributed by atoms with Crippen molar-refractivity contribution in [1.82, 2.24) is 5.32 Å². The quantitative estimate of drug-likeness (QED) is 0.871. The largest absolute Gasteiger partial charge is 0.354 e. The number of hydrogen-bond acceptors (Lipinski definition) is 4. The molecule has 23 heavy (non-hydrogen) atoms. The molecule has 0 saturated heterocycles. The van der Waals surface area contributed by atoms with Crippen LogP contribution in [0.5, 0.6) is 0 Å². The summed E-state index contributed by atoms with van der Waals surface area (Å²) in [6.45, 7) is 2.07. The zero-order valence-corrected chi connectivity index (χ0v) is 14.5. The first-order valence-electron chi connectivity index (χ1n) is 7.60. The van der Waals surface area contributed by atoms with E-state index in [-0.39, 0.29) is 18.4 Å². The van der Waals surface area contributed by atoms with Crippen LogP contribution in [0.4, 0.5) is 0 Å². The van der Waals surface area contributed by atoms with Crippen molar-refractivity contribution >= 4 is 27.1 Å². The molecule has 1 aromatic heterocycles. The molecular formula is C17H19NO3S2. The van der Waals surface area contributed by atoms with Crippen LogP contribution in [0.1, 0.15) is 29.2 Å². The molecule has 0 aliphatic heterocycles.